The molecule has 1 heterocycles. The van der Waals surface area contributed by atoms with Gasteiger partial charge < -0.3 is 20.1 Å². The number of aliphatic hydroxyl groups excluding tert-OH is 1. The van der Waals surface area contributed by atoms with Crippen molar-refractivity contribution in [2.24, 2.45) is 0 Å². The molecule has 0 unspecified atom stereocenters. The molecule has 0 saturated heterocycles. The lowest BCUT2D eigenvalue weighted by Gasteiger charge is -2.21. The fraction of sp³-hybridized carbons (Fsp3) is 0.667. The second kappa shape index (κ2) is 7.84. The summed E-state index contributed by atoms with van der Waals surface area (Å²) in [7, 11) is 3.83. The summed E-state index contributed by atoms with van der Waals surface area (Å²) >= 11 is 0. The van der Waals surface area contributed by atoms with Crippen LogP contribution >= 0.6 is 0 Å². The SMILES string of the molecule is CCc1c(NC)ncnc1N(C)CCOCCO. The zero-order valence-electron chi connectivity index (χ0n) is 11.3. The predicted octanol–water partition coefficient (Wildman–Crippen LogP) is 0.526. The highest BCUT2D eigenvalue weighted by Crippen LogP contribution is 2.22. The number of aliphatic hydroxyl groups is 1. The Morgan fingerprint density at radius 3 is 2.78 bits per heavy atom. The molecule has 6 heteroatoms. The van der Waals surface area contributed by atoms with E-state index in [1.54, 1.807) is 6.33 Å². The number of nitrogens with one attached hydrogen (secondary N) is 1. The van der Waals surface area contributed by atoms with Crippen molar-refractivity contribution in [3.8, 4) is 0 Å². The minimum absolute atomic E-state index is 0.0569. The fourth-order valence-electron chi connectivity index (χ4n) is 1.75. The summed E-state index contributed by atoms with van der Waals surface area (Å²) in [6.07, 6.45) is 2.43. The minimum atomic E-state index is 0.0569. The summed E-state index contributed by atoms with van der Waals surface area (Å²) in [5.74, 6) is 1.79. The molecular weight excluding hydrogens is 232 g/mol. The highest BCUT2D eigenvalue weighted by atomic mass is 16.5. The van der Waals surface area contributed by atoms with E-state index in [-0.39, 0.29) is 6.61 Å². The number of anilines is 2. The largest absolute Gasteiger partial charge is 0.394 e. The van der Waals surface area contributed by atoms with E-state index in [1.807, 2.05) is 19.0 Å². The van der Waals surface area contributed by atoms with Gasteiger partial charge in [-0.1, -0.05) is 6.92 Å². The van der Waals surface area contributed by atoms with Gasteiger partial charge in [0, 0.05) is 26.2 Å². The minimum Gasteiger partial charge on any atom is -0.394 e. The molecule has 0 fully saturated rings. The lowest BCUT2D eigenvalue weighted by Crippen LogP contribution is -2.25. The molecular formula is C12H22N4O2. The number of hydrogen-bond donors (Lipinski definition) is 2. The molecule has 6 nitrogen and oxygen atoms in total. The maximum Gasteiger partial charge on any atom is 0.137 e. The quantitative estimate of drug-likeness (QED) is 0.659. The van der Waals surface area contributed by atoms with Crippen molar-refractivity contribution in [1.82, 2.24) is 9.97 Å². The molecule has 0 aliphatic rings. The Labute approximate surface area is 108 Å². The van der Waals surface area contributed by atoms with Crippen LogP contribution in [0.2, 0.25) is 0 Å². The molecule has 18 heavy (non-hydrogen) atoms. The van der Waals surface area contributed by atoms with Gasteiger partial charge in [-0.15, -0.1) is 0 Å². The first-order valence-corrected chi connectivity index (χ1v) is 6.15. The van der Waals surface area contributed by atoms with Crippen molar-refractivity contribution in [2.75, 3.05) is 50.7 Å². The third-order valence-electron chi connectivity index (χ3n) is 2.68. The van der Waals surface area contributed by atoms with Gasteiger partial charge in [0.1, 0.15) is 18.0 Å². The van der Waals surface area contributed by atoms with Crippen LogP contribution in [0.25, 0.3) is 0 Å². The van der Waals surface area contributed by atoms with Gasteiger partial charge in [0.05, 0.1) is 19.8 Å². The monoisotopic (exact) mass is 254 g/mol. The zero-order valence-corrected chi connectivity index (χ0v) is 11.3. The number of rotatable bonds is 8. The van der Waals surface area contributed by atoms with E-state index in [0.29, 0.717) is 13.2 Å². The second-order valence-electron chi connectivity index (χ2n) is 3.89. The summed E-state index contributed by atoms with van der Waals surface area (Å²) in [4.78, 5) is 10.6. The highest BCUT2D eigenvalue weighted by Gasteiger charge is 2.12. The van der Waals surface area contributed by atoms with Crippen molar-refractivity contribution < 1.29 is 9.84 Å². The van der Waals surface area contributed by atoms with Crippen LogP contribution in [0.1, 0.15) is 12.5 Å². The Morgan fingerprint density at radius 2 is 2.17 bits per heavy atom. The smallest absolute Gasteiger partial charge is 0.137 e. The van der Waals surface area contributed by atoms with Gasteiger partial charge in [0.25, 0.3) is 0 Å². The van der Waals surface area contributed by atoms with Crippen LogP contribution in [0.5, 0.6) is 0 Å². The van der Waals surface area contributed by atoms with E-state index in [1.165, 1.54) is 0 Å². The normalized spacial score (nSPS) is 10.4. The average Bonchev–Trinajstić information content (AvgIpc) is 2.42. The van der Waals surface area contributed by atoms with Crippen LogP contribution in [0.3, 0.4) is 0 Å². The van der Waals surface area contributed by atoms with Crippen LogP contribution in [0.4, 0.5) is 11.6 Å². The van der Waals surface area contributed by atoms with Crippen molar-refractivity contribution >= 4 is 11.6 Å². The molecule has 1 rings (SSSR count). The van der Waals surface area contributed by atoms with Crippen molar-refractivity contribution in [3.05, 3.63) is 11.9 Å². The number of likely N-dealkylation sites (N-methyl/N-ethyl adjacent to an activating group) is 1. The van der Waals surface area contributed by atoms with Crippen molar-refractivity contribution in [3.63, 3.8) is 0 Å². The topological polar surface area (TPSA) is 70.5 Å². The molecule has 102 valence electrons. The van der Waals surface area contributed by atoms with Crippen LogP contribution in [-0.2, 0) is 11.2 Å². The summed E-state index contributed by atoms with van der Waals surface area (Å²) in [5, 5.41) is 11.7. The molecule has 2 N–H and O–H groups in total. The molecule has 0 atom stereocenters. The van der Waals surface area contributed by atoms with E-state index in [0.717, 1.165) is 30.2 Å². The average molecular weight is 254 g/mol. The van der Waals surface area contributed by atoms with Crippen molar-refractivity contribution in [1.29, 1.82) is 0 Å². The number of nitrogens with zero attached hydrogens (tertiary/aromatic N) is 3. The van der Waals surface area contributed by atoms with Crippen LogP contribution in [0, 0.1) is 0 Å². The van der Waals surface area contributed by atoms with Gasteiger partial charge in [-0.25, -0.2) is 9.97 Å². The molecule has 0 aliphatic carbocycles. The third kappa shape index (κ3) is 3.82. The van der Waals surface area contributed by atoms with Crippen LogP contribution in [0.15, 0.2) is 6.33 Å². The highest BCUT2D eigenvalue weighted by molar-refractivity contribution is 5.58. The molecule has 0 aromatic carbocycles. The number of hydrogen-bond acceptors (Lipinski definition) is 6. The van der Waals surface area contributed by atoms with Gasteiger partial charge in [0.15, 0.2) is 0 Å². The molecule has 1 aromatic rings. The predicted molar refractivity (Wildman–Crippen MR) is 72.1 cm³/mol. The van der Waals surface area contributed by atoms with Gasteiger partial charge in [-0.3, -0.25) is 0 Å². The summed E-state index contributed by atoms with van der Waals surface area (Å²) < 4.78 is 5.25. The van der Waals surface area contributed by atoms with E-state index in [4.69, 9.17) is 9.84 Å². The van der Waals surface area contributed by atoms with E-state index < -0.39 is 0 Å². The molecule has 1 aromatic heterocycles. The number of aromatic nitrogens is 2. The Hall–Kier alpha value is -1.40. The van der Waals surface area contributed by atoms with Gasteiger partial charge in [-0.05, 0) is 6.42 Å². The van der Waals surface area contributed by atoms with Crippen LogP contribution in [-0.4, -0.2) is 55.5 Å². The Kier molecular flexibility index (Phi) is 6.38. The molecule has 0 bridgehead atoms. The van der Waals surface area contributed by atoms with Gasteiger partial charge >= 0.3 is 0 Å². The Morgan fingerprint density at radius 1 is 1.39 bits per heavy atom. The Balaban J connectivity index is 2.69. The summed E-state index contributed by atoms with van der Waals surface area (Å²) in [5.41, 5.74) is 1.10. The van der Waals surface area contributed by atoms with Gasteiger partial charge in [-0.2, -0.15) is 0 Å². The first kappa shape index (κ1) is 14.7. The molecule has 0 saturated carbocycles. The molecule has 0 amide bonds. The molecule has 0 spiro atoms. The van der Waals surface area contributed by atoms with Crippen molar-refractivity contribution in [2.45, 2.75) is 13.3 Å². The zero-order chi connectivity index (χ0) is 13.4. The standard InChI is InChI=1S/C12H22N4O2/c1-4-10-11(13-2)14-9-15-12(10)16(3)5-7-18-8-6-17/h9,17H,4-8H2,1-3H3,(H,13,14,15). The first-order chi connectivity index (χ1) is 8.74. The third-order valence-corrected chi connectivity index (χ3v) is 2.68. The molecule has 0 aliphatic heterocycles. The maximum atomic E-state index is 8.63. The van der Waals surface area contributed by atoms with E-state index in [9.17, 15) is 0 Å². The number of ether oxygens (including phenoxy) is 1. The lowest BCUT2D eigenvalue weighted by molar-refractivity contribution is 0.0970. The fourth-order valence-corrected chi connectivity index (χ4v) is 1.75. The van der Waals surface area contributed by atoms with E-state index >= 15 is 0 Å². The Bertz CT molecular complexity index is 360. The van der Waals surface area contributed by atoms with E-state index in [2.05, 4.69) is 22.2 Å². The first-order valence-electron chi connectivity index (χ1n) is 6.15. The second-order valence-corrected chi connectivity index (χ2v) is 3.89. The molecule has 0 radical (unpaired) electrons. The summed E-state index contributed by atoms with van der Waals surface area (Å²) in [6.45, 7) is 3.81. The summed E-state index contributed by atoms with van der Waals surface area (Å²) in [6, 6.07) is 0. The maximum absolute atomic E-state index is 8.63. The van der Waals surface area contributed by atoms with Gasteiger partial charge in [0.2, 0.25) is 0 Å². The lowest BCUT2D eigenvalue weighted by atomic mass is 10.2. The van der Waals surface area contributed by atoms with Crippen LogP contribution < -0.4 is 10.2 Å².